The number of nitrogens with zero attached hydrogens (tertiary/aromatic N) is 1. The minimum absolute atomic E-state index is 0.0565. The fraction of sp³-hybridized carbons (Fsp3) is 1.00. The maximum atomic E-state index is 12.3. The van der Waals surface area contributed by atoms with Crippen molar-refractivity contribution in [2.75, 3.05) is 13.1 Å². The second-order valence-corrected chi connectivity index (χ2v) is 8.51. The molecule has 2 fully saturated rings. The zero-order valence-corrected chi connectivity index (χ0v) is 13.3. The Kier molecular flexibility index (Phi) is 5.08. The topological polar surface area (TPSA) is 49.4 Å². The summed E-state index contributed by atoms with van der Waals surface area (Å²) in [7, 11) is -3.30. The van der Waals surface area contributed by atoms with Crippen LogP contribution in [0.1, 0.15) is 45.4 Å². The van der Waals surface area contributed by atoms with Crippen LogP contribution in [-0.2, 0) is 10.2 Å². The molecule has 0 spiro atoms. The van der Waals surface area contributed by atoms with Crippen molar-refractivity contribution in [3.63, 3.8) is 0 Å². The SMILES string of the molecule is CC1CCCN(S(=O)(=O)NC2CCCCC2Br)C1. The van der Waals surface area contributed by atoms with Crippen LogP contribution in [0.3, 0.4) is 0 Å². The Labute approximate surface area is 119 Å². The van der Waals surface area contributed by atoms with E-state index in [4.69, 9.17) is 0 Å². The van der Waals surface area contributed by atoms with E-state index in [2.05, 4.69) is 27.6 Å². The molecule has 0 aromatic heterocycles. The van der Waals surface area contributed by atoms with Gasteiger partial charge in [-0.15, -0.1) is 0 Å². The van der Waals surface area contributed by atoms with Crippen molar-refractivity contribution in [3.8, 4) is 0 Å². The van der Waals surface area contributed by atoms with E-state index in [1.54, 1.807) is 4.31 Å². The van der Waals surface area contributed by atoms with Gasteiger partial charge in [0, 0.05) is 24.0 Å². The van der Waals surface area contributed by atoms with Gasteiger partial charge < -0.3 is 0 Å². The number of hydrogen-bond donors (Lipinski definition) is 1. The van der Waals surface area contributed by atoms with E-state index < -0.39 is 10.2 Å². The van der Waals surface area contributed by atoms with Gasteiger partial charge in [-0.2, -0.15) is 17.4 Å². The number of piperidine rings is 1. The average molecular weight is 339 g/mol. The number of nitrogens with one attached hydrogen (secondary N) is 1. The summed E-state index contributed by atoms with van der Waals surface area (Å²) in [6.07, 6.45) is 6.42. The first-order valence-corrected chi connectivity index (χ1v) is 9.26. The molecule has 1 heterocycles. The third-order valence-corrected chi connectivity index (χ3v) is 6.65. The first kappa shape index (κ1) is 14.8. The number of alkyl halides is 1. The molecule has 0 amide bonds. The molecule has 0 aromatic carbocycles. The molecule has 3 atom stereocenters. The van der Waals surface area contributed by atoms with Gasteiger partial charge in [0.2, 0.25) is 0 Å². The van der Waals surface area contributed by atoms with Gasteiger partial charge in [0.15, 0.2) is 0 Å². The quantitative estimate of drug-likeness (QED) is 0.802. The molecule has 2 aliphatic rings. The summed E-state index contributed by atoms with van der Waals surface area (Å²) in [5.41, 5.74) is 0. The molecule has 0 bridgehead atoms. The lowest BCUT2D eigenvalue weighted by Crippen LogP contribution is -2.51. The van der Waals surface area contributed by atoms with E-state index in [-0.39, 0.29) is 10.9 Å². The van der Waals surface area contributed by atoms with Gasteiger partial charge in [0.25, 0.3) is 10.2 Å². The molecule has 1 saturated heterocycles. The maximum Gasteiger partial charge on any atom is 0.279 e. The molecular formula is C12H23BrN2O2S. The van der Waals surface area contributed by atoms with Gasteiger partial charge in [0.1, 0.15) is 0 Å². The van der Waals surface area contributed by atoms with E-state index in [1.165, 1.54) is 6.42 Å². The molecule has 0 radical (unpaired) electrons. The smallest absolute Gasteiger partial charge is 0.198 e. The van der Waals surface area contributed by atoms with Gasteiger partial charge in [-0.1, -0.05) is 35.7 Å². The van der Waals surface area contributed by atoms with Crippen LogP contribution in [0.5, 0.6) is 0 Å². The predicted octanol–water partition coefficient (Wildman–Crippen LogP) is 2.26. The van der Waals surface area contributed by atoms with Gasteiger partial charge in [-0.05, 0) is 31.6 Å². The molecule has 1 N–H and O–H groups in total. The van der Waals surface area contributed by atoms with Crippen LogP contribution in [0.25, 0.3) is 0 Å². The molecular weight excluding hydrogens is 316 g/mol. The van der Waals surface area contributed by atoms with E-state index >= 15 is 0 Å². The lowest BCUT2D eigenvalue weighted by Gasteiger charge is -2.34. The lowest BCUT2D eigenvalue weighted by atomic mass is 9.96. The minimum Gasteiger partial charge on any atom is -0.198 e. The summed E-state index contributed by atoms with van der Waals surface area (Å²) in [5, 5.41) is 0. The fourth-order valence-corrected chi connectivity index (χ4v) is 5.38. The highest BCUT2D eigenvalue weighted by molar-refractivity contribution is 9.09. The van der Waals surface area contributed by atoms with Crippen LogP contribution >= 0.6 is 15.9 Å². The largest absolute Gasteiger partial charge is 0.279 e. The minimum atomic E-state index is -3.30. The summed E-state index contributed by atoms with van der Waals surface area (Å²) >= 11 is 3.60. The Bertz CT molecular complexity index is 374. The Balaban J connectivity index is 1.97. The van der Waals surface area contributed by atoms with Crippen molar-refractivity contribution in [1.82, 2.24) is 9.03 Å². The van der Waals surface area contributed by atoms with Crippen LogP contribution in [0.15, 0.2) is 0 Å². The van der Waals surface area contributed by atoms with Gasteiger partial charge in [-0.25, -0.2) is 0 Å². The first-order valence-electron chi connectivity index (χ1n) is 6.90. The van der Waals surface area contributed by atoms with E-state index in [9.17, 15) is 8.42 Å². The normalized spacial score (nSPS) is 35.6. The van der Waals surface area contributed by atoms with Crippen molar-refractivity contribution in [2.45, 2.75) is 56.3 Å². The third kappa shape index (κ3) is 3.68. The van der Waals surface area contributed by atoms with Crippen LogP contribution in [-0.4, -0.2) is 36.7 Å². The maximum absolute atomic E-state index is 12.3. The molecule has 1 saturated carbocycles. The van der Waals surface area contributed by atoms with Crippen molar-refractivity contribution < 1.29 is 8.42 Å². The summed E-state index contributed by atoms with van der Waals surface area (Å²) in [5.74, 6) is 0.474. The van der Waals surface area contributed by atoms with Crippen molar-refractivity contribution in [3.05, 3.63) is 0 Å². The third-order valence-electron chi connectivity index (χ3n) is 3.94. The summed E-state index contributed by atoms with van der Waals surface area (Å²) in [6.45, 7) is 3.45. The molecule has 18 heavy (non-hydrogen) atoms. The Morgan fingerprint density at radius 2 is 1.89 bits per heavy atom. The van der Waals surface area contributed by atoms with Gasteiger partial charge in [0.05, 0.1) is 0 Å². The standard InChI is InChI=1S/C12H23BrN2O2S/c1-10-5-4-8-15(9-10)18(16,17)14-12-7-3-2-6-11(12)13/h10-12,14H,2-9H2,1H3. The van der Waals surface area contributed by atoms with E-state index in [0.717, 1.165) is 32.1 Å². The molecule has 6 heteroatoms. The molecule has 0 aromatic rings. The number of halogens is 1. The Morgan fingerprint density at radius 1 is 1.17 bits per heavy atom. The van der Waals surface area contributed by atoms with Crippen LogP contribution in [0, 0.1) is 5.92 Å². The highest BCUT2D eigenvalue weighted by Gasteiger charge is 2.32. The highest BCUT2D eigenvalue weighted by Crippen LogP contribution is 2.26. The fourth-order valence-electron chi connectivity index (χ4n) is 2.85. The second-order valence-electron chi connectivity index (χ2n) is 5.64. The Morgan fingerprint density at radius 3 is 2.56 bits per heavy atom. The highest BCUT2D eigenvalue weighted by atomic mass is 79.9. The van der Waals surface area contributed by atoms with Gasteiger partial charge >= 0.3 is 0 Å². The second kappa shape index (κ2) is 6.20. The van der Waals surface area contributed by atoms with Crippen LogP contribution in [0.4, 0.5) is 0 Å². The molecule has 2 rings (SSSR count). The Hall–Kier alpha value is 0.350. The summed E-state index contributed by atoms with van der Waals surface area (Å²) < 4.78 is 29.2. The van der Waals surface area contributed by atoms with Crippen molar-refractivity contribution >= 4 is 26.1 Å². The predicted molar refractivity (Wildman–Crippen MR) is 77.0 cm³/mol. The molecule has 4 nitrogen and oxygen atoms in total. The van der Waals surface area contributed by atoms with E-state index in [1.807, 2.05) is 0 Å². The lowest BCUT2D eigenvalue weighted by molar-refractivity contribution is 0.274. The number of rotatable bonds is 3. The van der Waals surface area contributed by atoms with Crippen molar-refractivity contribution in [1.29, 1.82) is 0 Å². The zero-order chi connectivity index (χ0) is 13.2. The van der Waals surface area contributed by atoms with E-state index in [0.29, 0.717) is 19.0 Å². The average Bonchev–Trinajstić information content (AvgIpc) is 2.32. The summed E-state index contributed by atoms with van der Waals surface area (Å²) in [6, 6.07) is 0.0565. The monoisotopic (exact) mass is 338 g/mol. The molecule has 106 valence electrons. The molecule has 3 unspecified atom stereocenters. The van der Waals surface area contributed by atoms with Gasteiger partial charge in [-0.3, -0.25) is 0 Å². The van der Waals surface area contributed by atoms with Crippen molar-refractivity contribution in [2.24, 2.45) is 5.92 Å². The molecule has 1 aliphatic heterocycles. The summed E-state index contributed by atoms with van der Waals surface area (Å²) in [4.78, 5) is 0.281. The molecule has 1 aliphatic carbocycles. The number of hydrogen-bond acceptors (Lipinski definition) is 2. The first-order chi connectivity index (χ1) is 8.49. The van der Waals surface area contributed by atoms with Crippen LogP contribution < -0.4 is 4.72 Å². The van der Waals surface area contributed by atoms with Crippen LogP contribution in [0.2, 0.25) is 0 Å². The zero-order valence-electron chi connectivity index (χ0n) is 10.9.